The van der Waals surface area contributed by atoms with Crippen LogP contribution in [0.1, 0.15) is 58.4 Å². The first-order valence-electron chi connectivity index (χ1n) is 13.5. The van der Waals surface area contributed by atoms with Crippen LogP contribution in [0.3, 0.4) is 0 Å². The van der Waals surface area contributed by atoms with Crippen molar-refractivity contribution >= 4 is 17.7 Å². The Morgan fingerprint density at radius 3 is 2.48 bits per heavy atom. The topological polar surface area (TPSA) is 70.5 Å². The lowest BCUT2D eigenvalue weighted by atomic mass is 9.85. The number of nitrogens with zero attached hydrogens (tertiary/aromatic N) is 4. The lowest BCUT2D eigenvalue weighted by Gasteiger charge is -2.33. The van der Waals surface area contributed by atoms with Crippen molar-refractivity contribution < 1.29 is 13.6 Å². The molecule has 1 saturated heterocycles. The lowest BCUT2D eigenvalue weighted by molar-refractivity contribution is 0.0827. The van der Waals surface area contributed by atoms with Gasteiger partial charge in [-0.1, -0.05) is 11.6 Å². The fraction of sp³-hybridized carbons (Fsp3) is 0.387. The summed E-state index contributed by atoms with van der Waals surface area (Å²) in [7, 11) is 4.89. The fourth-order valence-electron chi connectivity index (χ4n) is 5.52. The minimum absolute atomic E-state index is 0.0959. The van der Waals surface area contributed by atoms with Gasteiger partial charge in [0.05, 0.1) is 17.6 Å². The van der Waals surface area contributed by atoms with Gasteiger partial charge in [-0.15, -0.1) is 0 Å². The first-order chi connectivity index (χ1) is 19.0. The molecule has 4 rings (SSSR count). The highest BCUT2D eigenvalue weighted by molar-refractivity contribution is 5.94. The maximum atomic E-state index is 15.1. The molecule has 0 radical (unpaired) electrons. The number of rotatable bonds is 7. The number of piperidine rings is 1. The van der Waals surface area contributed by atoms with E-state index in [-0.39, 0.29) is 28.9 Å². The standard InChI is InChI=1S/C31H37F2N5O2/c1-19(13-24-21(3)35-10-7-28(24)38-18-26(33)27(34-4)16-29(38)39)17-37-11-8-22(9-12-37)30-20(2)14-23(15-25(30)32)31(40)36(5)6/h7,10,13-16,18,22,34H,8-9,11-12,17H2,1-6H3/b19-13+. The minimum Gasteiger partial charge on any atom is -0.386 e. The number of pyridine rings is 2. The molecule has 1 aliphatic heterocycles. The average molecular weight is 550 g/mol. The van der Waals surface area contributed by atoms with Crippen molar-refractivity contribution in [3.05, 3.63) is 92.2 Å². The molecular formula is C31H37F2N5O2. The van der Waals surface area contributed by atoms with Crippen LogP contribution in [0.25, 0.3) is 11.8 Å². The summed E-state index contributed by atoms with van der Waals surface area (Å²) >= 11 is 0. The van der Waals surface area contributed by atoms with E-state index < -0.39 is 5.82 Å². The Kier molecular flexibility index (Phi) is 8.83. The van der Waals surface area contributed by atoms with Gasteiger partial charge in [-0.3, -0.25) is 24.0 Å². The first kappa shape index (κ1) is 29.1. The zero-order valence-corrected chi connectivity index (χ0v) is 24.0. The summed E-state index contributed by atoms with van der Waals surface area (Å²) in [5.41, 5.74) is 4.85. The second-order valence-electron chi connectivity index (χ2n) is 10.8. The third-order valence-electron chi connectivity index (χ3n) is 7.55. The van der Waals surface area contributed by atoms with Gasteiger partial charge in [-0.05, 0) is 81.9 Å². The third kappa shape index (κ3) is 6.14. The second kappa shape index (κ2) is 12.1. The normalized spacial score (nSPS) is 14.8. The molecule has 2 aromatic heterocycles. The molecule has 3 aromatic rings. The van der Waals surface area contributed by atoms with Crippen LogP contribution in [-0.4, -0.2) is 66.0 Å². The van der Waals surface area contributed by atoms with E-state index in [4.69, 9.17) is 0 Å². The van der Waals surface area contributed by atoms with Crippen LogP contribution in [0, 0.1) is 25.5 Å². The molecule has 0 atom stereocenters. The van der Waals surface area contributed by atoms with Gasteiger partial charge < -0.3 is 10.2 Å². The summed E-state index contributed by atoms with van der Waals surface area (Å²) in [5.74, 6) is -0.938. The van der Waals surface area contributed by atoms with E-state index >= 15 is 4.39 Å². The zero-order valence-electron chi connectivity index (χ0n) is 24.0. The second-order valence-corrected chi connectivity index (χ2v) is 10.8. The quantitative estimate of drug-likeness (QED) is 0.441. The van der Waals surface area contributed by atoms with Crippen molar-refractivity contribution in [2.45, 2.75) is 39.5 Å². The van der Waals surface area contributed by atoms with Crippen LogP contribution in [0.5, 0.6) is 0 Å². The lowest BCUT2D eigenvalue weighted by Crippen LogP contribution is -2.34. The highest BCUT2D eigenvalue weighted by atomic mass is 19.1. The van der Waals surface area contributed by atoms with E-state index in [0.717, 1.165) is 48.3 Å². The van der Waals surface area contributed by atoms with Crippen LogP contribution in [0.4, 0.5) is 14.5 Å². The molecule has 9 heteroatoms. The Balaban J connectivity index is 1.49. The van der Waals surface area contributed by atoms with Crippen molar-refractivity contribution in [2.75, 3.05) is 46.1 Å². The van der Waals surface area contributed by atoms with Crippen LogP contribution in [-0.2, 0) is 0 Å². The average Bonchev–Trinajstić information content (AvgIpc) is 2.91. The van der Waals surface area contributed by atoms with Gasteiger partial charge in [0.1, 0.15) is 5.82 Å². The number of halogens is 2. The van der Waals surface area contributed by atoms with Crippen LogP contribution >= 0.6 is 0 Å². The third-order valence-corrected chi connectivity index (χ3v) is 7.55. The van der Waals surface area contributed by atoms with Crippen LogP contribution < -0.4 is 10.9 Å². The fourth-order valence-corrected chi connectivity index (χ4v) is 5.52. The number of amides is 1. The number of carbonyl (C=O) groups is 1. The predicted molar refractivity (Wildman–Crippen MR) is 155 cm³/mol. The van der Waals surface area contributed by atoms with Gasteiger partial charge >= 0.3 is 0 Å². The smallest absolute Gasteiger partial charge is 0.257 e. The van der Waals surface area contributed by atoms with Crippen LogP contribution in [0.2, 0.25) is 0 Å². The van der Waals surface area contributed by atoms with E-state index in [0.29, 0.717) is 23.4 Å². The monoisotopic (exact) mass is 549 g/mol. The molecule has 0 bridgehead atoms. The molecule has 3 heterocycles. The van der Waals surface area contributed by atoms with Crippen molar-refractivity contribution in [1.82, 2.24) is 19.4 Å². The zero-order chi connectivity index (χ0) is 29.1. The van der Waals surface area contributed by atoms with Crippen molar-refractivity contribution in [2.24, 2.45) is 0 Å². The molecule has 1 aromatic carbocycles. The van der Waals surface area contributed by atoms with E-state index in [9.17, 15) is 14.0 Å². The molecule has 212 valence electrons. The number of anilines is 1. The number of hydrogen-bond donors (Lipinski definition) is 1. The van der Waals surface area contributed by atoms with Gasteiger partial charge in [0.2, 0.25) is 0 Å². The molecule has 0 aliphatic carbocycles. The number of likely N-dealkylation sites (tertiary alicyclic amines) is 1. The molecular weight excluding hydrogens is 512 g/mol. The van der Waals surface area contributed by atoms with E-state index in [1.165, 1.54) is 27.8 Å². The summed E-state index contributed by atoms with van der Waals surface area (Å²) < 4.78 is 30.9. The Morgan fingerprint density at radius 1 is 1.15 bits per heavy atom. The van der Waals surface area contributed by atoms with Crippen molar-refractivity contribution in [1.29, 1.82) is 0 Å². The maximum absolute atomic E-state index is 15.1. The van der Waals surface area contributed by atoms with Gasteiger partial charge in [0, 0.05) is 56.8 Å². The Labute approximate surface area is 234 Å². The van der Waals surface area contributed by atoms with Gasteiger partial charge in [-0.25, -0.2) is 8.78 Å². The molecule has 0 saturated carbocycles. The van der Waals surface area contributed by atoms with Crippen molar-refractivity contribution in [3.63, 3.8) is 0 Å². The highest BCUT2D eigenvalue weighted by Gasteiger charge is 2.26. The van der Waals surface area contributed by atoms with E-state index in [1.807, 2.05) is 26.8 Å². The largest absolute Gasteiger partial charge is 0.386 e. The number of hydrogen-bond acceptors (Lipinski definition) is 5. The maximum Gasteiger partial charge on any atom is 0.257 e. The van der Waals surface area contributed by atoms with Crippen molar-refractivity contribution in [3.8, 4) is 5.69 Å². The number of aromatic nitrogens is 2. The summed E-state index contributed by atoms with van der Waals surface area (Å²) in [5, 5.41) is 2.69. The molecule has 7 nitrogen and oxygen atoms in total. The number of carbonyl (C=O) groups excluding carboxylic acids is 1. The molecule has 1 N–H and O–H groups in total. The number of benzene rings is 1. The molecule has 0 unspecified atom stereocenters. The van der Waals surface area contributed by atoms with Gasteiger partial charge in [0.25, 0.3) is 11.5 Å². The molecule has 1 aliphatic rings. The highest BCUT2D eigenvalue weighted by Crippen LogP contribution is 2.33. The molecule has 40 heavy (non-hydrogen) atoms. The van der Waals surface area contributed by atoms with E-state index in [1.54, 1.807) is 39.5 Å². The molecule has 1 fully saturated rings. The predicted octanol–water partition coefficient (Wildman–Crippen LogP) is 5.15. The summed E-state index contributed by atoms with van der Waals surface area (Å²) in [4.78, 5) is 33.2. The van der Waals surface area contributed by atoms with Gasteiger partial charge in [0.15, 0.2) is 5.82 Å². The number of aryl methyl sites for hydroxylation is 2. The Bertz CT molecular complexity index is 1480. The Hall–Kier alpha value is -3.85. The summed E-state index contributed by atoms with van der Waals surface area (Å²) in [6, 6.07) is 6.11. The SMILES string of the molecule is CNc1cc(=O)n(-c2ccnc(C)c2/C=C(\C)CN2CCC(c3c(C)cc(C(=O)N(C)C)cc3F)CC2)cc1F. The van der Waals surface area contributed by atoms with Crippen LogP contribution in [0.15, 0.2) is 47.0 Å². The first-order valence-corrected chi connectivity index (χ1v) is 13.5. The summed E-state index contributed by atoms with van der Waals surface area (Å²) in [6.45, 7) is 8.09. The van der Waals surface area contributed by atoms with Gasteiger partial charge in [-0.2, -0.15) is 0 Å². The minimum atomic E-state index is -0.517. The number of nitrogens with one attached hydrogen (secondary N) is 1. The Morgan fingerprint density at radius 2 is 1.85 bits per heavy atom. The molecule has 0 spiro atoms. The van der Waals surface area contributed by atoms with E-state index in [2.05, 4.69) is 15.2 Å². The summed E-state index contributed by atoms with van der Waals surface area (Å²) in [6.07, 6.45) is 6.45. The molecule has 1 amide bonds.